The number of aromatic nitrogens is 3. The van der Waals surface area contributed by atoms with Gasteiger partial charge in [-0.1, -0.05) is 38.1 Å². The zero-order valence-corrected chi connectivity index (χ0v) is 11.6. The van der Waals surface area contributed by atoms with Crippen LogP contribution in [0.5, 0.6) is 0 Å². The molecule has 19 heavy (non-hydrogen) atoms. The molecule has 0 saturated heterocycles. The molecule has 3 N–H and O–H groups in total. The standard InChI is InChI=1S/C13H16ClN5/c1-8(2)10-5-3-9(4-6-10)7-16-13-18-11(14)17-12(15)19-13/h3-6,8H,7H2,1-2H3,(H3,15,16,17,18,19). The molecular weight excluding hydrogens is 262 g/mol. The second-order valence-corrected chi connectivity index (χ2v) is 4.87. The Kier molecular flexibility index (Phi) is 4.16. The minimum atomic E-state index is 0.0881. The highest BCUT2D eigenvalue weighted by Gasteiger charge is 2.03. The fourth-order valence-electron chi connectivity index (χ4n) is 1.65. The van der Waals surface area contributed by atoms with E-state index in [-0.39, 0.29) is 11.2 Å². The van der Waals surface area contributed by atoms with E-state index in [1.54, 1.807) is 0 Å². The summed E-state index contributed by atoms with van der Waals surface area (Å²) in [6.45, 7) is 4.95. The van der Waals surface area contributed by atoms with Crippen LogP contribution in [0.25, 0.3) is 0 Å². The number of nitrogens with one attached hydrogen (secondary N) is 1. The molecule has 6 heteroatoms. The number of nitrogens with two attached hydrogens (primary N) is 1. The van der Waals surface area contributed by atoms with Gasteiger partial charge in [0.05, 0.1) is 0 Å². The highest BCUT2D eigenvalue weighted by molar-refractivity contribution is 6.28. The molecule has 100 valence electrons. The number of anilines is 2. The van der Waals surface area contributed by atoms with Gasteiger partial charge in [0.25, 0.3) is 0 Å². The van der Waals surface area contributed by atoms with Crippen LogP contribution in [0, 0.1) is 0 Å². The Morgan fingerprint density at radius 3 is 2.42 bits per heavy atom. The van der Waals surface area contributed by atoms with Crippen molar-refractivity contribution in [2.75, 3.05) is 11.1 Å². The summed E-state index contributed by atoms with van der Waals surface area (Å²) in [5, 5.41) is 3.15. The lowest BCUT2D eigenvalue weighted by atomic mass is 10.0. The predicted molar refractivity (Wildman–Crippen MR) is 77.1 cm³/mol. The zero-order chi connectivity index (χ0) is 13.8. The monoisotopic (exact) mass is 277 g/mol. The molecule has 2 aromatic rings. The second-order valence-electron chi connectivity index (χ2n) is 4.54. The smallest absolute Gasteiger partial charge is 0.229 e. The summed E-state index contributed by atoms with van der Waals surface area (Å²) in [4.78, 5) is 11.6. The molecule has 0 amide bonds. The van der Waals surface area contributed by atoms with Crippen LogP contribution in [0.3, 0.4) is 0 Å². The molecule has 0 bridgehead atoms. The van der Waals surface area contributed by atoms with Crippen molar-refractivity contribution in [3.8, 4) is 0 Å². The van der Waals surface area contributed by atoms with Crippen molar-refractivity contribution in [2.45, 2.75) is 26.3 Å². The minimum absolute atomic E-state index is 0.0881. The second kappa shape index (κ2) is 5.84. The maximum Gasteiger partial charge on any atom is 0.229 e. The molecule has 0 radical (unpaired) electrons. The summed E-state index contributed by atoms with van der Waals surface area (Å²) >= 11 is 5.71. The van der Waals surface area contributed by atoms with Crippen molar-refractivity contribution >= 4 is 23.5 Å². The van der Waals surface area contributed by atoms with E-state index in [9.17, 15) is 0 Å². The number of hydrogen-bond acceptors (Lipinski definition) is 5. The lowest BCUT2D eigenvalue weighted by Gasteiger charge is -2.08. The van der Waals surface area contributed by atoms with Gasteiger partial charge in [0.15, 0.2) is 0 Å². The summed E-state index contributed by atoms with van der Waals surface area (Å²) in [6.07, 6.45) is 0. The Hall–Kier alpha value is -1.88. The quantitative estimate of drug-likeness (QED) is 0.899. The van der Waals surface area contributed by atoms with Gasteiger partial charge in [0.2, 0.25) is 17.2 Å². The van der Waals surface area contributed by atoms with Gasteiger partial charge in [-0.2, -0.15) is 15.0 Å². The highest BCUT2D eigenvalue weighted by Crippen LogP contribution is 2.15. The topological polar surface area (TPSA) is 76.7 Å². The molecule has 0 spiro atoms. The van der Waals surface area contributed by atoms with Gasteiger partial charge in [-0.25, -0.2) is 0 Å². The number of nitrogen functional groups attached to an aromatic ring is 1. The van der Waals surface area contributed by atoms with E-state index in [1.807, 2.05) is 0 Å². The molecular formula is C13H16ClN5. The number of benzene rings is 1. The summed E-state index contributed by atoms with van der Waals surface area (Å²) in [5.41, 5.74) is 7.95. The zero-order valence-electron chi connectivity index (χ0n) is 10.9. The third-order valence-corrected chi connectivity index (χ3v) is 2.89. The van der Waals surface area contributed by atoms with Crippen LogP contribution in [0.1, 0.15) is 30.9 Å². The number of halogens is 1. The Balaban J connectivity index is 2.02. The molecule has 0 aliphatic heterocycles. The van der Waals surface area contributed by atoms with Crippen LogP contribution in [-0.4, -0.2) is 15.0 Å². The van der Waals surface area contributed by atoms with Gasteiger partial charge in [-0.15, -0.1) is 0 Å². The van der Waals surface area contributed by atoms with Crippen LogP contribution in [0.4, 0.5) is 11.9 Å². The third kappa shape index (κ3) is 3.79. The first-order valence-electron chi connectivity index (χ1n) is 6.04. The molecule has 5 nitrogen and oxygen atoms in total. The first-order chi connectivity index (χ1) is 9.04. The van der Waals surface area contributed by atoms with Crippen LogP contribution in [0.2, 0.25) is 5.28 Å². The normalized spacial score (nSPS) is 10.7. The van der Waals surface area contributed by atoms with E-state index in [4.69, 9.17) is 17.3 Å². The maximum absolute atomic E-state index is 5.71. The number of rotatable bonds is 4. The molecule has 1 heterocycles. The molecule has 0 unspecified atom stereocenters. The lowest BCUT2D eigenvalue weighted by molar-refractivity contribution is 0.865. The Bertz CT molecular complexity index is 533. The first-order valence-corrected chi connectivity index (χ1v) is 6.42. The molecule has 0 saturated carbocycles. The van der Waals surface area contributed by atoms with E-state index in [2.05, 4.69) is 58.4 Å². The molecule has 0 fully saturated rings. The fourth-order valence-corrected chi connectivity index (χ4v) is 1.81. The maximum atomic E-state index is 5.71. The van der Waals surface area contributed by atoms with Crippen molar-refractivity contribution in [2.24, 2.45) is 0 Å². The van der Waals surface area contributed by atoms with Crippen LogP contribution < -0.4 is 11.1 Å². The molecule has 0 aliphatic rings. The number of nitrogens with zero attached hydrogens (tertiary/aromatic N) is 3. The number of hydrogen-bond donors (Lipinski definition) is 2. The van der Waals surface area contributed by atoms with Crippen molar-refractivity contribution in [1.29, 1.82) is 0 Å². The van der Waals surface area contributed by atoms with Crippen LogP contribution in [0.15, 0.2) is 24.3 Å². The summed E-state index contributed by atoms with van der Waals surface area (Å²) in [6, 6.07) is 8.40. The van der Waals surface area contributed by atoms with Gasteiger partial charge in [0.1, 0.15) is 0 Å². The molecule has 1 aromatic heterocycles. The molecule has 0 aliphatic carbocycles. The van der Waals surface area contributed by atoms with Crippen LogP contribution >= 0.6 is 11.6 Å². The summed E-state index contributed by atoms with van der Waals surface area (Å²) in [7, 11) is 0. The van der Waals surface area contributed by atoms with Gasteiger partial charge >= 0.3 is 0 Å². The van der Waals surface area contributed by atoms with Gasteiger partial charge in [-0.05, 0) is 28.6 Å². The van der Waals surface area contributed by atoms with E-state index in [1.165, 1.54) is 5.56 Å². The molecule has 0 atom stereocenters. The van der Waals surface area contributed by atoms with Crippen molar-refractivity contribution in [1.82, 2.24) is 15.0 Å². The SMILES string of the molecule is CC(C)c1ccc(CNc2nc(N)nc(Cl)n2)cc1. The van der Waals surface area contributed by atoms with Crippen molar-refractivity contribution in [3.05, 3.63) is 40.7 Å². The van der Waals surface area contributed by atoms with E-state index in [0.717, 1.165) is 5.56 Å². The predicted octanol–water partition coefficient (Wildman–Crippen LogP) is 2.84. The first kappa shape index (κ1) is 13.5. The molecule has 1 aromatic carbocycles. The van der Waals surface area contributed by atoms with Crippen molar-refractivity contribution in [3.63, 3.8) is 0 Å². The Labute approximate surface area is 117 Å². The molecule has 2 rings (SSSR count). The Morgan fingerprint density at radius 2 is 1.84 bits per heavy atom. The van der Waals surface area contributed by atoms with Gasteiger partial charge < -0.3 is 11.1 Å². The minimum Gasteiger partial charge on any atom is -0.368 e. The van der Waals surface area contributed by atoms with Gasteiger partial charge in [0, 0.05) is 6.54 Å². The van der Waals surface area contributed by atoms with Crippen molar-refractivity contribution < 1.29 is 0 Å². The Morgan fingerprint density at radius 1 is 1.16 bits per heavy atom. The largest absolute Gasteiger partial charge is 0.368 e. The van der Waals surface area contributed by atoms with Gasteiger partial charge in [-0.3, -0.25) is 0 Å². The highest BCUT2D eigenvalue weighted by atomic mass is 35.5. The van der Waals surface area contributed by atoms with E-state index >= 15 is 0 Å². The fraction of sp³-hybridized carbons (Fsp3) is 0.308. The van der Waals surface area contributed by atoms with E-state index in [0.29, 0.717) is 18.4 Å². The summed E-state index contributed by atoms with van der Waals surface area (Å²) in [5.74, 6) is 1.02. The lowest BCUT2D eigenvalue weighted by Crippen LogP contribution is -2.07. The summed E-state index contributed by atoms with van der Waals surface area (Å²) < 4.78 is 0. The van der Waals surface area contributed by atoms with E-state index < -0.39 is 0 Å². The average Bonchev–Trinajstić information content (AvgIpc) is 2.36. The third-order valence-electron chi connectivity index (χ3n) is 2.72. The average molecular weight is 278 g/mol. The van der Waals surface area contributed by atoms with Crippen LogP contribution in [-0.2, 0) is 6.54 Å².